The molecular weight excluding hydrogens is 404 g/mol. The highest BCUT2D eigenvalue weighted by Crippen LogP contribution is 2.47. The average molecular weight is 419 g/mol. The summed E-state index contributed by atoms with van der Waals surface area (Å²) in [6.07, 6.45) is 5.15. The van der Waals surface area contributed by atoms with Crippen LogP contribution in [0.2, 0.25) is 5.02 Å². The number of carbonyl (C=O) groups excluding carboxylic acids is 1. The fourth-order valence-corrected chi connectivity index (χ4v) is 4.30. The topological polar surface area (TPSA) is 82.5 Å². The first kappa shape index (κ1) is 17.4. The molecule has 1 aliphatic carbocycles. The van der Waals surface area contributed by atoms with Gasteiger partial charge in [0.2, 0.25) is 5.88 Å². The molecule has 0 amide bonds. The van der Waals surface area contributed by atoms with Gasteiger partial charge in [0, 0.05) is 29.0 Å². The first-order valence-electron chi connectivity index (χ1n) is 9.68. The molecule has 3 aromatic heterocycles. The lowest BCUT2D eigenvalue weighted by Gasteiger charge is -2.30. The average Bonchev–Trinajstić information content (AvgIpc) is 3.43. The van der Waals surface area contributed by atoms with Crippen molar-refractivity contribution in [3.63, 3.8) is 0 Å². The summed E-state index contributed by atoms with van der Waals surface area (Å²) in [4.78, 5) is 22.1. The highest BCUT2D eigenvalue weighted by atomic mass is 35.5. The second-order valence-electron chi connectivity index (χ2n) is 7.34. The van der Waals surface area contributed by atoms with Gasteiger partial charge in [-0.1, -0.05) is 11.6 Å². The Morgan fingerprint density at radius 3 is 2.80 bits per heavy atom. The second kappa shape index (κ2) is 6.53. The van der Waals surface area contributed by atoms with Crippen molar-refractivity contribution >= 4 is 23.0 Å². The summed E-state index contributed by atoms with van der Waals surface area (Å²) in [5.41, 5.74) is 2.73. The Kier molecular flexibility index (Phi) is 3.79. The smallest absolute Gasteiger partial charge is 0.228 e. The van der Waals surface area contributed by atoms with Crippen molar-refractivity contribution in [2.24, 2.45) is 0 Å². The van der Waals surface area contributed by atoms with E-state index in [0.29, 0.717) is 57.9 Å². The molecule has 6 rings (SSSR count). The van der Waals surface area contributed by atoms with Crippen molar-refractivity contribution in [1.82, 2.24) is 19.6 Å². The summed E-state index contributed by atoms with van der Waals surface area (Å²) >= 11 is 6.01. The molecule has 0 saturated heterocycles. The minimum atomic E-state index is -0.426. The van der Waals surface area contributed by atoms with Crippen molar-refractivity contribution in [2.75, 3.05) is 0 Å². The van der Waals surface area contributed by atoms with E-state index in [4.69, 9.17) is 25.7 Å². The highest BCUT2D eigenvalue weighted by molar-refractivity contribution is 6.30. The number of furan rings is 1. The van der Waals surface area contributed by atoms with E-state index in [-0.39, 0.29) is 5.78 Å². The van der Waals surface area contributed by atoms with Crippen LogP contribution >= 0.6 is 11.6 Å². The third-order valence-electron chi connectivity index (χ3n) is 5.52. The van der Waals surface area contributed by atoms with Gasteiger partial charge in [0.15, 0.2) is 17.3 Å². The third-order valence-corrected chi connectivity index (χ3v) is 5.77. The number of benzene rings is 1. The maximum atomic E-state index is 12.9. The monoisotopic (exact) mass is 418 g/mol. The predicted molar refractivity (Wildman–Crippen MR) is 108 cm³/mol. The lowest BCUT2D eigenvalue weighted by molar-refractivity contribution is -0.116. The third kappa shape index (κ3) is 2.59. The van der Waals surface area contributed by atoms with Crippen LogP contribution in [0.3, 0.4) is 0 Å². The Balaban J connectivity index is 1.59. The van der Waals surface area contributed by atoms with Crippen LogP contribution in [0, 0.1) is 0 Å². The Morgan fingerprint density at radius 2 is 2.00 bits per heavy atom. The van der Waals surface area contributed by atoms with Gasteiger partial charge in [-0.3, -0.25) is 4.79 Å². The van der Waals surface area contributed by atoms with Crippen LogP contribution in [-0.4, -0.2) is 25.4 Å². The number of hydrogen-bond acceptors (Lipinski definition) is 6. The minimum absolute atomic E-state index is 0.0720. The normalized spacial score (nSPS) is 18.3. The number of halogens is 1. The first-order valence-corrected chi connectivity index (χ1v) is 10.1. The number of carbonyl (C=O) groups is 1. The zero-order valence-corrected chi connectivity index (χ0v) is 16.5. The highest BCUT2D eigenvalue weighted by Gasteiger charge is 2.40. The molecule has 2 aliphatic rings. The maximum absolute atomic E-state index is 12.9. The number of rotatable bonds is 2. The van der Waals surface area contributed by atoms with Crippen molar-refractivity contribution in [2.45, 2.75) is 25.2 Å². The van der Waals surface area contributed by atoms with Crippen LogP contribution in [-0.2, 0) is 4.79 Å². The fraction of sp³-hybridized carbons (Fsp3) is 0.182. The number of allylic oxidation sites excluding steroid dienone is 2. The van der Waals surface area contributed by atoms with Crippen LogP contribution < -0.4 is 4.74 Å². The van der Waals surface area contributed by atoms with E-state index >= 15 is 0 Å². The quantitative estimate of drug-likeness (QED) is 0.474. The zero-order chi connectivity index (χ0) is 20.2. The van der Waals surface area contributed by atoms with E-state index < -0.39 is 5.92 Å². The van der Waals surface area contributed by atoms with Crippen molar-refractivity contribution in [3.8, 4) is 17.3 Å². The molecule has 30 heavy (non-hydrogen) atoms. The van der Waals surface area contributed by atoms with Crippen LogP contribution in [0.4, 0.5) is 0 Å². The number of hydrogen-bond donors (Lipinski definition) is 0. The van der Waals surface area contributed by atoms with Gasteiger partial charge >= 0.3 is 0 Å². The largest absolute Gasteiger partial charge is 0.468 e. The molecule has 0 fully saturated rings. The molecule has 0 radical (unpaired) electrons. The van der Waals surface area contributed by atoms with E-state index in [2.05, 4.69) is 10.1 Å². The molecule has 0 saturated carbocycles. The molecule has 0 bridgehead atoms. The van der Waals surface area contributed by atoms with Crippen LogP contribution in [0.1, 0.15) is 36.5 Å². The number of ketones is 1. The second-order valence-corrected chi connectivity index (χ2v) is 7.77. The molecule has 0 N–H and O–H groups in total. The molecular formula is C22H15ClN4O3. The molecule has 8 heteroatoms. The Labute approximate surface area is 176 Å². The molecule has 1 atom stereocenters. The molecule has 7 nitrogen and oxygen atoms in total. The molecule has 1 aliphatic heterocycles. The summed E-state index contributed by atoms with van der Waals surface area (Å²) in [6.45, 7) is 0. The van der Waals surface area contributed by atoms with E-state index in [1.165, 1.54) is 0 Å². The summed E-state index contributed by atoms with van der Waals surface area (Å²) in [5, 5.41) is 5.21. The van der Waals surface area contributed by atoms with Crippen LogP contribution in [0.25, 0.3) is 17.0 Å². The van der Waals surface area contributed by atoms with Gasteiger partial charge in [-0.05, 0) is 42.8 Å². The summed E-state index contributed by atoms with van der Waals surface area (Å²) in [7, 11) is 0. The van der Waals surface area contributed by atoms with Crippen molar-refractivity contribution in [3.05, 3.63) is 76.7 Å². The van der Waals surface area contributed by atoms with Gasteiger partial charge < -0.3 is 9.15 Å². The first-order chi connectivity index (χ1) is 14.7. The predicted octanol–water partition coefficient (Wildman–Crippen LogP) is 4.57. The summed E-state index contributed by atoms with van der Waals surface area (Å²) < 4.78 is 13.4. The van der Waals surface area contributed by atoms with E-state index in [9.17, 15) is 4.79 Å². The summed E-state index contributed by atoms with van der Waals surface area (Å²) in [5.74, 6) is 1.96. The van der Waals surface area contributed by atoms with Gasteiger partial charge in [0.1, 0.15) is 17.8 Å². The Bertz CT molecular complexity index is 1320. The summed E-state index contributed by atoms with van der Waals surface area (Å²) in [6, 6.07) is 11.0. The number of ether oxygens (including phenoxy) is 1. The van der Waals surface area contributed by atoms with Crippen LogP contribution in [0.15, 0.2) is 64.7 Å². The van der Waals surface area contributed by atoms with Crippen molar-refractivity contribution in [1.29, 1.82) is 0 Å². The van der Waals surface area contributed by atoms with Crippen molar-refractivity contribution < 1.29 is 13.9 Å². The lowest BCUT2D eigenvalue weighted by atomic mass is 9.80. The molecule has 0 spiro atoms. The molecule has 148 valence electrons. The van der Waals surface area contributed by atoms with Gasteiger partial charge in [-0.15, -0.1) is 5.10 Å². The maximum Gasteiger partial charge on any atom is 0.228 e. The SMILES string of the molecule is O=C1CCCC2=C1[C@@H](c1ccco1)c1c(ncn3nc(-c4ccc(Cl)cc4)nc13)O2. The van der Waals surface area contributed by atoms with Gasteiger partial charge in [0.25, 0.3) is 0 Å². The number of Topliss-reactive ketones (excluding diaryl/α,β-unsaturated/α-hetero) is 1. The molecule has 4 heterocycles. The van der Waals surface area contributed by atoms with E-state index in [1.807, 2.05) is 24.3 Å². The Hall–Kier alpha value is -3.45. The molecule has 0 unspecified atom stereocenters. The number of aromatic nitrogens is 4. The fourth-order valence-electron chi connectivity index (χ4n) is 4.18. The Morgan fingerprint density at radius 1 is 1.13 bits per heavy atom. The molecule has 4 aromatic rings. The number of nitrogens with zero attached hydrogens (tertiary/aromatic N) is 4. The van der Waals surface area contributed by atoms with Gasteiger partial charge in [0.05, 0.1) is 17.7 Å². The lowest BCUT2D eigenvalue weighted by Crippen LogP contribution is -2.26. The molecule has 1 aromatic carbocycles. The minimum Gasteiger partial charge on any atom is -0.468 e. The van der Waals surface area contributed by atoms with Gasteiger partial charge in [-0.25, -0.2) is 14.5 Å². The van der Waals surface area contributed by atoms with Crippen LogP contribution in [0.5, 0.6) is 5.88 Å². The van der Waals surface area contributed by atoms with E-state index in [0.717, 1.165) is 12.0 Å². The number of fused-ring (bicyclic) bond motifs is 3. The standard InChI is InChI=1S/C22H15ClN4O3/c23-13-8-6-12(7-9-13)20-25-21-19-18(15-5-2-10-29-15)17-14(28)3-1-4-16(17)30-22(19)24-11-27(21)26-20/h2,5-11,18H,1,3-4H2/t18-/m1/s1. The van der Waals surface area contributed by atoms with E-state index in [1.54, 1.807) is 29.2 Å². The zero-order valence-electron chi connectivity index (χ0n) is 15.7. The van der Waals surface area contributed by atoms with Gasteiger partial charge in [-0.2, -0.15) is 0 Å².